The van der Waals surface area contributed by atoms with E-state index in [0.717, 1.165) is 12.2 Å². The van der Waals surface area contributed by atoms with Crippen molar-refractivity contribution in [2.24, 2.45) is 0 Å². The highest BCUT2D eigenvalue weighted by atomic mass is 14.9. The van der Waals surface area contributed by atoms with Crippen LogP contribution in [0.1, 0.15) is 12.5 Å². The molecular weight excluding hydrogens is 146 g/mol. The molecule has 1 aromatic rings. The molecular formula is C11H11N. The largest absolute Gasteiger partial charge is 0.374 e. The van der Waals surface area contributed by atoms with E-state index in [1.54, 1.807) is 0 Å². The van der Waals surface area contributed by atoms with Crippen molar-refractivity contribution in [3.05, 3.63) is 47.2 Å². The Hall–Kier alpha value is -1.46. The monoisotopic (exact) mass is 157 g/mol. The van der Waals surface area contributed by atoms with E-state index in [4.69, 9.17) is 0 Å². The molecule has 0 aliphatic carbocycles. The lowest BCUT2D eigenvalue weighted by molar-refractivity contribution is 0.993. The van der Waals surface area contributed by atoms with Crippen LogP contribution in [0.15, 0.2) is 41.6 Å². The Morgan fingerprint density at radius 2 is 2.00 bits per heavy atom. The number of nitrogens with one attached hydrogen (secondary N) is 1. The van der Waals surface area contributed by atoms with E-state index in [1.807, 2.05) is 18.2 Å². The number of rotatable bonds is 1. The van der Waals surface area contributed by atoms with E-state index in [1.165, 1.54) is 11.1 Å². The Kier molecular flexibility index (Phi) is 1.73. The zero-order valence-corrected chi connectivity index (χ0v) is 7.09. The van der Waals surface area contributed by atoms with E-state index in [0.29, 0.717) is 0 Å². The molecule has 0 fully saturated rings. The van der Waals surface area contributed by atoms with Crippen molar-refractivity contribution in [3.8, 4) is 0 Å². The quantitative estimate of drug-likeness (QED) is 0.616. The van der Waals surface area contributed by atoms with Gasteiger partial charge in [0.1, 0.15) is 0 Å². The van der Waals surface area contributed by atoms with Gasteiger partial charge in [-0.25, -0.2) is 0 Å². The van der Waals surface area contributed by atoms with Gasteiger partial charge < -0.3 is 5.32 Å². The normalized spacial score (nSPS) is 15.1. The highest BCUT2D eigenvalue weighted by Crippen LogP contribution is 2.13. The zero-order valence-electron chi connectivity index (χ0n) is 7.09. The third-order valence-electron chi connectivity index (χ3n) is 1.93. The molecule has 60 valence electrons. The first-order valence-electron chi connectivity index (χ1n) is 4.12. The smallest absolute Gasteiger partial charge is 0.0850 e. The molecule has 1 heterocycles. The van der Waals surface area contributed by atoms with Crippen molar-refractivity contribution in [1.82, 2.24) is 5.32 Å². The summed E-state index contributed by atoms with van der Waals surface area (Å²) < 4.78 is 0. The standard InChI is InChI=1S/C11H11N/c1-9-7-11(12-8-9)10-5-3-2-4-6-10/h2-6,12H,8H2,1H3. The minimum Gasteiger partial charge on any atom is -0.374 e. The van der Waals surface area contributed by atoms with E-state index in [9.17, 15) is 0 Å². The molecule has 1 nitrogen and oxygen atoms in total. The second-order valence-electron chi connectivity index (χ2n) is 3.00. The summed E-state index contributed by atoms with van der Waals surface area (Å²) in [6.45, 7) is 3.02. The summed E-state index contributed by atoms with van der Waals surface area (Å²) in [6.07, 6.45) is 0. The lowest BCUT2D eigenvalue weighted by Crippen LogP contribution is -2.08. The van der Waals surface area contributed by atoms with Crippen molar-refractivity contribution in [2.75, 3.05) is 6.54 Å². The second-order valence-corrected chi connectivity index (χ2v) is 3.00. The van der Waals surface area contributed by atoms with Gasteiger partial charge in [-0.15, -0.1) is 0 Å². The summed E-state index contributed by atoms with van der Waals surface area (Å²) in [7, 11) is 0. The maximum Gasteiger partial charge on any atom is 0.0850 e. The van der Waals surface area contributed by atoms with E-state index >= 15 is 0 Å². The van der Waals surface area contributed by atoms with E-state index in [2.05, 4.69) is 30.1 Å². The molecule has 0 amide bonds. The number of hydrogen-bond acceptors (Lipinski definition) is 1. The average Bonchev–Trinajstić information content (AvgIpc) is 2.54. The molecule has 1 N–H and O–H groups in total. The van der Waals surface area contributed by atoms with Crippen molar-refractivity contribution in [3.63, 3.8) is 0 Å². The predicted molar refractivity (Wildman–Crippen MR) is 50.6 cm³/mol. The lowest BCUT2D eigenvalue weighted by Gasteiger charge is -2.01. The summed E-state index contributed by atoms with van der Waals surface area (Å²) in [5.74, 6) is 0. The van der Waals surface area contributed by atoms with Crippen LogP contribution in [0.25, 0.3) is 5.70 Å². The Bertz CT molecular complexity index is 343. The van der Waals surface area contributed by atoms with Crippen molar-refractivity contribution in [2.45, 2.75) is 6.92 Å². The van der Waals surface area contributed by atoms with Gasteiger partial charge in [-0.3, -0.25) is 0 Å². The molecule has 0 saturated heterocycles. The van der Waals surface area contributed by atoms with Crippen LogP contribution in [0, 0.1) is 0 Å². The van der Waals surface area contributed by atoms with Crippen LogP contribution in [0.2, 0.25) is 0 Å². The van der Waals surface area contributed by atoms with Crippen LogP contribution in [-0.4, -0.2) is 6.54 Å². The van der Waals surface area contributed by atoms with Crippen LogP contribution < -0.4 is 5.32 Å². The van der Waals surface area contributed by atoms with E-state index in [-0.39, 0.29) is 0 Å². The minimum absolute atomic E-state index is 0.935. The second kappa shape index (κ2) is 2.88. The van der Waals surface area contributed by atoms with Crippen LogP contribution in [-0.2, 0) is 0 Å². The van der Waals surface area contributed by atoms with Crippen LogP contribution in [0.3, 0.4) is 0 Å². The molecule has 0 radical (unpaired) electrons. The molecule has 1 heteroatoms. The van der Waals surface area contributed by atoms with Crippen LogP contribution >= 0.6 is 0 Å². The van der Waals surface area contributed by atoms with Gasteiger partial charge in [0.15, 0.2) is 0 Å². The highest BCUT2D eigenvalue weighted by Gasteiger charge is 2.04. The van der Waals surface area contributed by atoms with Crippen molar-refractivity contribution < 1.29 is 0 Å². The summed E-state index contributed by atoms with van der Waals surface area (Å²) in [5, 5.41) is 3.29. The summed E-state index contributed by atoms with van der Waals surface area (Å²) in [6, 6.07) is 10.3. The fourth-order valence-corrected chi connectivity index (χ4v) is 1.30. The Morgan fingerprint density at radius 3 is 2.58 bits per heavy atom. The van der Waals surface area contributed by atoms with Gasteiger partial charge >= 0.3 is 0 Å². The van der Waals surface area contributed by atoms with Crippen LogP contribution in [0.5, 0.6) is 0 Å². The molecule has 0 aromatic heterocycles. The summed E-state index contributed by atoms with van der Waals surface area (Å²) in [4.78, 5) is 0. The molecule has 0 atom stereocenters. The molecule has 2 rings (SSSR count). The molecule has 0 bridgehead atoms. The first kappa shape index (κ1) is 7.20. The molecule has 0 saturated carbocycles. The first-order chi connectivity index (χ1) is 5.86. The third-order valence-corrected chi connectivity index (χ3v) is 1.93. The van der Waals surface area contributed by atoms with Crippen molar-refractivity contribution in [1.29, 1.82) is 0 Å². The maximum atomic E-state index is 3.29. The summed E-state index contributed by atoms with van der Waals surface area (Å²) >= 11 is 0. The molecule has 1 aliphatic rings. The predicted octanol–water partition coefficient (Wildman–Crippen LogP) is 2.18. The SMILES string of the molecule is CC1=C=C(c2ccccc2)NC1. The Balaban J connectivity index is 2.40. The molecule has 0 unspecified atom stereocenters. The van der Waals surface area contributed by atoms with Gasteiger partial charge in [-0.1, -0.05) is 36.1 Å². The number of hydrogen-bond donors (Lipinski definition) is 1. The number of benzene rings is 1. The fourth-order valence-electron chi connectivity index (χ4n) is 1.30. The molecule has 0 spiro atoms. The first-order valence-corrected chi connectivity index (χ1v) is 4.12. The minimum atomic E-state index is 0.935. The van der Waals surface area contributed by atoms with Gasteiger partial charge in [0.05, 0.1) is 5.70 Å². The lowest BCUT2D eigenvalue weighted by atomic mass is 10.2. The Morgan fingerprint density at radius 1 is 1.25 bits per heavy atom. The van der Waals surface area contributed by atoms with E-state index < -0.39 is 0 Å². The average molecular weight is 157 g/mol. The van der Waals surface area contributed by atoms with Crippen molar-refractivity contribution >= 4 is 5.70 Å². The van der Waals surface area contributed by atoms with Gasteiger partial charge in [0.25, 0.3) is 0 Å². The fraction of sp³-hybridized carbons (Fsp3) is 0.182. The molecule has 1 aliphatic heterocycles. The maximum absolute atomic E-state index is 3.29. The van der Waals surface area contributed by atoms with Gasteiger partial charge in [-0.05, 0) is 12.5 Å². The van der Waals surface area contributed by atoms with Gasteiger partial charge in [0, 0.05) is 12.1 Å². The molecule has 1 aromatic carbocycles. The van der Waals surface area contributed by atoms with Gasteiger partial charge in [0.2, 0.25) is 0 Å². The zero-order chi connectivity index (χ0) is 8.39. The van der Waals surface area contributed by atoms with Gasteiger partial charge in [-0.2, -0.15) is 0 Å². The highest BCUT2D eigenvalue weighted by molar-refractivity contribution is 5.65. The summed E-state index contributed by atoms with van der Waals surface area (Å²) in [5.41, 5.74) is 6.90. The third kappa shape index (κ3) is 1.27. The topological polar surface area (TPSA) is 12.0 Å². The van der Waals surface area contributed by atoms with Crippen LogP contribution in [0.4, 0.5) is 0 Å². The Labute approximate surface area is 72.4 Å². The molecule has 12 heavy (non-hydrogen) atoms.